The normalized spacial score (nSPS) is 18.1. The monoisotopic (exact) mass is 563 g/mol. The van der Waals surface area contributed by atoms with E-state index in [2.05, 4.69) is 5.16 Å². The number of ketones is 1. The summed E-state index contributed by atoms with van der Waals surface area (Å²) in [5.41, 5.74) is 0.337. The number of halogens is 6. The molecule has 0 fully saturated rings. The molecule has 0 N–H and O–H groups in total. The summed E-state index contributed by atoms with van der Waals surface area (Å²) in [6.07, 6.45) is -7.15. The van der Waals surface area contributed by atoms with Gasteiger partial charge in [0.15, 0.2) is 5.71 Å². The lowest BCUT2D eigenvalue weighted by molar-refractivity contribution is -0.144. The second-order valence-electron chi connectivity index (χ2n) is 10.2. The van der Waals surface area contributed by atoms with Gasteiger partial charge in [0.05, 0.1) is 0 Å². The van der Waals surface area contributed by atoms with Crippen molar-refractivity contribution in [1.29, 1.82) is 0 Å². The van der Waals surface area contributed by atoms with Gasteiger partial charge < -0.3 is 4.84 Å². The molecule has 2 aliphatic rings. The van der Waals surface area contributed by atoms with Gasteiger partial charge in [-0.1, -0.05) is 66.7 Å². The van der Waals surface area contributed by atoms with Crippen molar-refractivity contribution in [2.75, 3.05) is 0 Å². The molecule has 0 aromatic heterocycles. The van der Waals surface area contributed by atoms with Crippen LogP contribution in [0.3, 0.4) is 0 Å². The van der Waals surface area contributed by atoms with E-state index in [0.717, 1.165) is 6.92 Å². The Labute approximate surface area is 227 Å². The highest BCUT2D eigenvalue weighted by Gasteiger charge is 2.47. The zero-order valence-electron chi connectivity index (χ0n) is 21.8. The maximum absolute atomic E-state index is 13.8. The van der Waals surface area contributed by atoms with E-state index in [1.807, 2.05) is 13.0 Å². The molecule has 1 unspecified atom stereocenters. The van der Waals surface area contributed by atoms with E-state index < -0.39 is 55.2 Å². The predicted octanol–water partition coefficient (Wildman–Crippen LogP) is 8.26. The largest absolute Gasteiger partial charge is 0.389 e. The first kappa shape index (κ1) is 29.3. The van der Waals surface area contributed by atoms with Gasteiger partial charge in [-0.05, 0) is 59.1 Å². The molecule has 0 bridgehead atoms. The summed E-state index contributed by atoms with van der Waals surface area (Å²) in [4.78, 5) is 30.1. The molecular formula is C30H27F6NO3. The standard InChI is InChI=1S/C30H27F6NO3/c1-18-7-3-4-8-21(18)26(37-40-19(2)38)27(39)20-11-12-23-22-9-5-6-10-24(22)28(25(23)17-20,13-15-29(31,32)33)14-16-30(34,35)36/h3-6,8-12,17-18H,7,13-16H2,1-2H3/b37-26-. The quantitative estimate of drug-likeness (QED) is 0.107. The second kappa shape index (κ2) is 11.1. The fourth-order valence-corrected chi connectivity index (χ4v) is 5.50. The lowest BCUT2D eigenvalue weighted by atomic mass is 9.70. The second-order valence-corrected chi connectivity index (χ2v) is 10.2. The maximum atomic E-state index is 13.8. The number of carbonyl (C=O) groups is 2. The molecule has 10 heteroatoms. The Hall–Kier alpha value is -3.69. The Morgan fingerprint density at radius 3 is 2.17 bits per heavy atom. The number of hydrogen-bond donors (Lipinski definition) is 0. The molecule has 0 amide bonds. The summed E-state index contributed by atoms with van der Waals surface area (Å²) in [5.74, 6) is -1.57. The first-order valence-electron chi connectivity index (χ1n) is 12.8. The lowest BCUT2D eigenvalue weighted by Gasteiger charge is -2.33. The SMILES string of the molecule is CC(=O)O/N=C(\C(=O)c1ccc2c(c1)C(CCC(F)(F)F)(CCC(F)(F)F)c1ccccc1-2)C1=CC=CCC1C. The number of Topliss-reactive ketones (excluding diaryl/α,β-unsaturated/α-hetero) is 1. The number of oxime groups is 1. The Balaban J connectivity index is 1.87. The highest BCUT2D eigenvalue weighted by molar-refractivity contribution is 6.51. The summed E-state index contributed by atoms with van der Waals surface area (Å²) in [6, 6.07) is 10.9. The number of alkyl halides is 6. The molecule has 0 aliphatic heterocycles. The number of fused-ring (bicyclic) bond motifs is 3. The average Bonchev–Trinajstić information content (AvgIpc) is 3.16. The van der Waals surface area contributed by atoms with Gasteiger partial charge in [-0.2, -0.15) is 26.3 Å². The van der Waals surface area contributed by atoms with Crippen LogP contribution in [0.1, 0.15) is 67.4 Å². The molecule has 4 nitrogen and oxygen atoms in total. The lowest BCUT2D eigenvalue weighted by Crippen LogP contribution is -2.30. The number of allylic oxidation sites excluding steroid dienone is 4. The molecule has 0 radical (unpaired) electrons. The minimum absolute atomic E-state index is 0.0171. The zero-order valence-corrected chi connectivity index (χ0v) is 21.8. The van der Waals surface area contributed by atoms with Crippen LogP contribution in [-0.2, 0) is 15.0 Å². The number of nitrogens with zero attached hydrogens (tertiary/aromatic N) is 1. The molecule has 212 valence electrons. The van der Waals surface area contributed by atoms with Crippen molar-refractivity contribution in [2.24, 2.45) is 11.1 Å². The van der Waals surface area contributed by atoms with E-state index in [1.165, 1.54) is 12.1 Å². The molecular weight excluding hydrogens is 536 g/mol. The highest BCUT2D eigenvalue weighted by Crippen LogP contribution is 2.55. The van der Waals surface area contributed by atoms with Crippen molar-refractivity contribution < 1.29 is 40.8 Å². The molecule has 4 rings (SSSR count). The molecule has 0 saturated heterocycles. The van der Waals surface area contributed by atoms with Gasteiger partial charge in [0, 0.05) is 30.7 Å². The van der Waals surface area contributed by atoms with Crippen LogP contribution in [0.5, 0.6) is 0 Å². The van der Waals surface area contributed by atoms with Crippen molar-refractivity contribution in [3.05, 3.63) is 83.0 Å². The number of rotatable bonds is 8. The Morgan fingerprint density at radius 2 is 1.57 bits per heavy atom. The van der Waals surface area contributed by atoms with Crippen LogP contribution >= 0.6 is 0 Å². The summed E-state index contributed by atoms with van der Waals surface area (Å²) in [7, 11) is 0. The van der Waals surface area contributed by atoms with Crippen LogP contribution < -0.4 is 0 Å². The third-order valence-electron chi connectivity index (χ3n) is 7.39. The van der Waals surface area contributed by atoms with Gasteiger partial charge in [-0.25, -0.2) is 4.79 Å². The minimum atomic E-state index is -4.60. The van der Waals surface area contributed by atoms with Crippen LogP contribution in [0.2, 0.25) is 0 Å². The van der Waals surface area contributed by atoms with E-state index in [9.17, 15) is 35.9 Å². The van der Waals surface area contributed by atoms with E-state index in [0.29, 0.717) is 28.7 Å². The Bertz CT molecular complexity index is 1380. The first-order valence-corrected chi connectivity index (χ1v) is 12.8. The van der Waals surface area contributed by atoms with Gasteiger partial charge in [-0.15, -0.1) is 0 Å². The number of hydrogen-bond acceptors (Lipinski definition) is 4. The fourth-order valence-electron chi connectivity index (χ4n) is 5.50. The van der Waals surface area contributed by atoms with E-state index in [1.54, 1.807) is 42.5 Å². The zero-order chi connectivity index (χ0) is 29.3. The van der Waals surface area contributed by atoms with E-state index in [4.69, 9.17) is 4.84 Å². The summed E-state index contributed by atoms with van der Waals surface area (Å²) in [6.45, 7) is 2.97. The molecule has 0 spiro atoms. The predicted molar refractivity (Wildman–Crippen MR) is 138 cm³/mol. The van der Waals surface area contributed by atoms with Gasteiger partial charge in [-0.3, -0.25) is 4.79 Å². The molecule has 0 saturated carbocycles. The first-order chi connectivity index (χ1) is 18.7. The number of benzene rings is 2. The van der Waals surface area contributed by atoms with Gasteiger partial charge in [0.1, 0.15) is 0 Å². The van der Waals surface area contributed by atoms with Crippen LogP contribution in [0.4, 0.5) is 26.3 Å². The van der Waals surface area contributed by atoms with Crippen molar-refractivity contribution >= 4 is 17.5 Å². The molecule has 2 aromatic rings. The minimum Gasteiger partial charge on any atom is -0.318 e. The molecule has 0 heterocycles. The summed E-state index contributed by atoms with van der Waals surface area (Å²) in [5, 5.41) is 3.80. The molecule has 1 atom stereocenters. The topological polar surface area (TPSA) is 55.7 Å². The molecule has 2 aromatic carbocycles. The van der Waals surface area contributed by atoms with Gasteiger partial charge >= 0.3 is 18.3 Å². The maximum Gasteiger partial charge on any atom is 0.389 e. The molecule has 40 heavy (non-hydrogen) atoms. The van der Waals surface area contributed by atoms with Crippen molar-refractivity contribution in [2.45, 2.75) is 63.7 Å². The highest BCUT2D eigenvalue weighted by atomic mass is 19.4. The van der Waals surface area contributed by atoms with Crippen LogP contribution in [-0.4, -0.2) is 29.8 Å². The Kier molecular flexibility index (Phi) is 8.10. The van der Waals surface area contributed by atoms with E-state index >= 15 is 0 Å². The molecule has 2 aliphatic carbocycles. The van der Waals surface area contributed by atoms with Crippen molar-refractivity contribution in [3.63, 3.8) is 0 Å². The van der Waals surface area contributed by atoms with E-state index in [-0.39, 0.29) is 22.8 Å². The third-order valence-corrected chi connectivity index (χ3v) is 7.39. The summed E-state index contributed by atoms with van der Waals surface area (Å²) < 4.78 is 80.8. The Morgan fingerprint density at radius 1 is 0.950 bits per heavy atom. The fraction of sp³-hybridized carbons (Fsp3) is 0.367. The summed E-state index contributed by atoms with van der Waals surface area (Å²) >= 11 is 0. The average molecular weight is 564 g/mol. The van der Waals surface area contributed by atoms with Crippen molar-refractivity contribution in [3.8, 4) is 11.1 Å². The number of carbonyl (C=O) groups excluding carboxylic acids is 2. The van der Waals surface area contributed by atoms with Crippen LogP contribution in [0, 0.1) is 5.92 Å². The van der Waals surface area contributed by atoms with Crippen LogP contribution in [0.25, 0.3) is 11.1 Å². The van der Waals surface area contributed by atoms with Gasteiger partial charge in [0.2, 0.25) is 5.78 Å². The smallest absolute Gasteiger partial charge is 0.318 e. The van der Waals surface area contributed by atoms with Gasteiger partial charge in [0.25, 0.3) is 0 Å². The van der Waals surface area contributed by atoms with Crippen LogP contribution in [0.15, 0.2) is 71.4 Å². The van der Waals surface area contributed by atoms with Crippen molar-refractivity contribution in [1.82, 2.24) is 0 Å². The third kappa shape index (κ3) is 6.21.